The third-order valence-corrected chi connectivity index (χ3v) is 5.23. The summed E-state index contributed by atoms with van der Waals surface area (Å²) in [5, 5.41) is 3.83. The molecular formula is C21H25ClN2O2. The average molecular weight is 373 g/mol. The Kier molecular flexibility index (Phi) is 6.53. The Labute approximate surface area is 160 Å². The second kappa shape index (κ2) is 9.06. The van der Waals surface area contributed by atoms with E-state index in [1.165, 1.54) is 19.3 Å². The summed E-state index contributed by atoms with van der Waals surface area (Å²) in [6.45, 7) is 2.59. The van der Waals surface area contributed by atoms with Crippen LogP contribution in [0.5, 0.6) is 5.75 Å². The van der Waals surface area contributed by atoms with Gasteiger partial charge in [0.05, 0.1) is 13.2 Å². The minimum Gasteiger partial charge on any atom is -0.497 e. The van der Waals surface area contributed by atoms with Gasteiger partial charge in [0.15, 0.2) is 0 Å². The molecule has 2 aromatic carbocycles. The highest BCUT2D eigenvalue weighted by molar-refractivity contribution is 6.31. The number of nitrogens with one attached hydrogen (secondary N) is 1. The second-order valence-corrected chi connectivity index (χ2v) is 6.98. The molecule has 0 unspecified atom stereocenters. The number of carbonyl (C=O) groups is 1. The van der Waals surface area contributed by atoms with Crippen molar-refractivity contribution in [1.82, 2.24) is 10.2 Å². The number of carbonyl (C=O) groups excluding carboxylic acids is 1. The Morgan fingerprint density at radius 2 is 1.92 bits per heavy atom. The summed E-state index contributed by atoms with van der Waals surface area (Å²) in [6, 6.07) is 15.2. The van der Waals surface area contributed by atoms with Gasteiger partial charge in [-0.05, 0) is 55.8 Å². The van der Waals surface area contributed by atoms with Gasteiger partial charge in [-0.25, -0.2) is 0 Å². The quantitative estimate of drug-likeness (QED) is 0.821. The van der Waals surface area contributed by atoms with E-state index in [9.17, 15) is 4.79 Å². The zero-order valence-corrected chi connectivity index (χ0v) is 15.8. The number of ether oxygens (including phenoxy) is 1. The van der Waals surface area contributed by atoms with E-state index >= 15 is 0 Å². The molecule has 0 aliphatic carbocycles. The zero-order chi connectivity index (χ0) is 18.4. The number of rotatable bonds is 6. The molecule has 0 bridgehead atoms. The van der Waals surface area contributed by atoms with Crippen molar-refractivity contribution in [2.75, 3.05) is 26.7 Å². The molecule has 1 N–H and O–H groups in total. The standard InChI is InChI=1S/C21H25ClN2O2/c1-26-17-9-7-8-16(14-17)21(25)23-15-20(24-12-5-2-6-13-24)18-10-3-4-11-19(18)22/h3-4,7-11,14,20H,2,5-6,12-13,15H2,1H3,(H,23,25)/t20-/m1/s1. The van der Waals surface area contributed by atoms with Crippen LogP contribution in [0.25, 0.3) is 0 Å². The number of hydrogen-bond acceptors (Lipinski definition) is 3. The largest absolute Gasteiger partial charge is 0.497 e. The van der Waals surface area contributed by atoms with Gasteiger partial charge >= 0.3 is 0 Å². The van der Waals surface area contributed by atoms with Gasteiger partial charge in [0.25, 0.3) is 5.91 Å². The van der Waals surface area contributed by atoms with E-state index in [1.807, 2.05) is 30.3 Å². The van der Waals surface area contributed by atoms with Crippen molar-refractivity contribution >= 4 is 17.5 Å². The average Bonchev–Trinajstić information content (AvgIpc) is 2.70. The van der Waals surface area contributed by atoms with E-state index in [0.717, 1.165) is 23.7 Å². The SMILES string of the molecule is COc1cccc(C(=O)NC[C@H](c2ccccc2Cl)N2CCCCC2)c1. The number of hydrogen-bond donors (Lipinski definition) is 1. The fourth-order valence-electron chi connectivity index (χ4n) is 3.47. The first-order valence-corrected chi connectivity index (χ1v) is 9.47. The third-order valence-electron chi connectivity index (χ3n) is 4.88. The number of benzene rings is 2. The van der Waals surface area contributed by atoms with Crippen LogP contribution in [0.2, 0.25) is 5.02 Å². The molecule has 0 saturated carbocycles. The molecule has 0 aromatic heterocycles. The maximum absolute atomic E-state index is 12.6. The van der Waals surface area contributed by atoms with Gasteiger partial charge in [0.1, 0.15) is 5.75 Å². The van der Waals surface area contributed by atoms with Crippen LogP contribution in [0, 0.1) is 0 Å². The summed E-state index contributed by atoms with van der Waals surface area (Å²) in [6.07, 6.45) is 3.64. The van der Waals surface area contributed by atoms with Crippen LogP contribution < -0.4 is 10.1 Å². The van der Waals surface area contributed by atoms with Crippen molar-refractivity contribution in [2.24, 2.45) is 0 Å². The predicted molar refractivity (Wildman–Crippen MR) is 105 cm³/mol. The summed E-state index contributed by atoms with van der Waals surface area (Å²) in [5.74, 6) is 0.578. The highest BCUT2D eigenvalue weighted by Crippen LogP contribution is 2.29. The highest BCUT2D eigenvalue weighted by atomic mass is 35.5. The van der Waals surface area contributed by atoms with E-state index in [1.54, 1.807) is 19.2 Å². The number of nitrogens with zero attached hydrogens (tertiary/aromatic N) is 1. The first-order valence-electron chi connectivity index (χ1n) is 9.10. The lowest BCUT2D eigenvalue weighted by Crippen LogP contribution is -2.40. The number of halogens is 1. The van der Waals surface area contributed by atoms with Gasteiger partial charge in [0, 0.05) is 17.1 Å². The first kappa shape index (κ1) is 18.7. The van der Waals surface area contributed by atoms with Crippen LogP contribution in [0.4, 0.5) is 0 Å². The van der Waals surface area contributed by atoms with E-state index in [-0.39, 0.29) is 11.9 Å². The molecule has 0 spiro atoms. The van der Waals surface area contributed by atoms with Crippen molar-refractivity contribution in [3.8, 4) is 5.75 Å². The third kappa shape index (κ3) is 4.57. The molecule has 138 valence electrons. The minimum absolute atomic E-state index is 0.0820. The Morgan fingerprint density at radius 3 is 2.65 bits per heavy atom. The molecule has 1 heterocycles. The van der Waals surface area contributed by atoms with Crippen LogP contribution in [0.15, 0.2) is 48.5 Å². The van der Waals surface area contributed by atoms with Crippen LogP contribution in [0.1, 0.15) is 41.2 Å². The molecule has 1 fully saturated rings. The number of likely N-dealkylation sites (tertiary alicyclic amines) is 1. The molecule has 3 rings (SSSR count). The summed E-state index contributed by atoms with van der Waals surface area (Å²) in [5.41, 5.74) is 1.67. The molecule has 1 amide bonds. The Morgan fingerprint density at radius 1 is 1.15 bits per heavy atom. The molecule has 1 aliphatic rings. The topological polar surface area (TPSA) is 41.6 Å². The lowest BCUT2D eigenvalue weighted by Gasteiger charge is -2.35. The molecule has 2 aromatic rings. The molecule has 5 heteroatoms. The molecule has 1 atom stereocenters. The zero-order valence-electron chi connectivity index (χ0n) is 15.1. The normalized spacial score (nSPS) is 16.1. The number of methoxy groups -OCH3 is 1. The van der Waals surface area contributed by atoms with E-state index in [2.05, 4.69) is 16.3 Å². The molecule has 4 nitrogen and oxygen atoms in total. The minimum atomic E-state index is -0.0991. The second-order valence-electron chi connectivity index (χ2n) is 6.58. The Balaban J connectivity index is 1.75. The molecule has 26 heavy (non-hydrogen) atoms. The smallest absolute Gasteiger partial charge is 0.251 e. The summed E-state index contributed by atoms with van der Waals surface area (Å²) < 4.78 is 5.21. The first-order chi connectivity index (χ1) is 12.7. The van der Waals surface area contributed by atoms with Gasteiger partial charge in [-0.3, -0.25) is 9.69 Å². The van der Waals surface area contributed by atoms with Crippen LogP contribution in [0.3, 0.4) is 0 Å². The van der Waals surface area contributed by atoms with Crippen molar-refractivity contribution in [3.63, 3.8) is 0 Å². The maximum atomic E-state index is 12.6. The number of amides is 1. The maximum Gasteiger partial charge on any atom is 0.251 e. The van der Waals surface area contributed by atoms with E-state index in [4.69, 9.17) is 16.3 Å². The van der Waals surface area contributed by atoms with Crippen molar-refractivity contribution in [3.05, 3.63) is 64.7 Å². The lowest BCUT2D eigenvalue weighted by molar-refractivity contribution is 0.0924. The predicted octanol–water partition coefficient (Wildman–Crippen LogP) is 4.31. The van der Waals surface area contributed by atoms with Gasteiger partial charge in [0.2, 0.25) is 0 Å². The summed E-state index contributed by atoms with van der Waals surface area (Å²) >= 11 is 6.45. The van der Waals surface area contributed by atoms with Crippen molar-refractivity contribution in [2.45, 2.75) is 25.3 Å². The van der Waals surface area contributed by atoms with Crippen LogP contribution >= 0.6 is 11.6 Å². The molecule has 1 aliphatic heterocycles. The molecule has 0 radical (unpaired) electrons. The highest BCUT2D eigenvalue weighted by Gasteiger charge is 2.24. The van der Waals surface area contributed by atoms with Gasteiger partial charge in [-0.1, -0.05) is 42.3 Å². The monoisotopic (exact) mass is 372 g/mol. The van der Waals surface area contributed by atoms with Crippen molar-refractivity contribution in [1.29, 1.82) is 0 Å². The lowest BCUT2D eigenvalue weighted by atomic mass is 10.0. The Bertz CT molecular complexity index is 744. The van der Waals surface area contributed by atoms with Crippen LogP contribution in [-0.4, -0.2) is 37.6 Å². The van der Waals surface area contributed by atoms with E-state index in [0.29, 0.717) is 17.9 Å². The van der Waals surface area contributed by atoms with Gasteiger partial charge < -0.3 is 10.1 Å². The van der Waals surface area contributed by atoms with E-state index < -0.39 is 0 Å². The summed E-state index contributed by atoms with van der Waals surface area (Å²) in [4.78, 5) is 15.0. The van der Waals surface area contributed by atoms with Gasteiger partial charge in [-0.2, -0.15) is 0 Å². The fraction of sp³-hybridized carbons (Fsp3) is 0.381. The fourth-order valence-corrected chi connectivity index (χ4v) is 3.73. The summed E-state index contributed by atoms with van der Waals surface area (Å²) in [7, 11) is 1.60. The van der Waals surface area contributed by atoms with Gasteiger partial charge in [-0.15, -0.1) is 0 Å². The number of piperidine rings is 1. The van der Waals surface area contributed by atoms with Crippen molar-refractivity contribution < 1.29 is 9.53 Å². The van der Waals surface area contributed by atoms with Crippen LogP contribution in [-0.2, 0) is 0 Å². The Hall–Kier alpha value is -2.04. The molecular weight excluding hydrogens is 348 g/mol. The molecule has 1 saturated heterocycles.